The fourth-order valence-corrected chi connectivity index (χ4v) is 4.49. The first-order valence-electron chi connectivity index (χ1n) is 10.1. The number of amides is 1. The minimum Gasteiger partial charge on any atom is -0.382 e. The maximum atomic E-state index is 15.2. The number of hydrogen-bond acceptors (Lipinski definition) is 3. The first-order valence-corrected chi connectivity index (χ1v) is 10.8. The molecule has 1 atom stereocenters. The molecule has 1 fully saturated rings. The molecule has 32 heavy (non-hydrogen) atoms. The highest BCUT2D eigenvalue weighted by Gasteiger charge is 2.48. The largest absolute Gasteiger partial charge is 0.382 e. The van der Waals surface area contributed by atoms with Crippen LogP contribution in [0.15, 0.2) is 36.5 Å². The van der Waals surface area contributed by atoms with Crippen LogP contribution in [0.2, 0.25) is 10.0 Å². The number of hydrogen-bond donors (Lipinski definition) is 2. The van der Waals surface area contributed by atoms with E-state index in [1.807, 2.05) is 0 Å². The van der Waals surface area contributed by atoms with E-state index >= 15 is 8.78 Å². The van der Waals surface area contributed by atoms with Gasteiger partial charge in [-0.2, -0.15) is 5.10 Å². The second kappa shape index (κ2) is 8.92. The van der Waals surface area contributed by atoms with Crippen LogP contribution >= 0.6 is 23.2 Å². The van der Waals surface area contributed by atoms with Crippen LogP contribution in [0.1, 0.15) is 30.1 Å². The molecule has 1 aromatic heterocycles. The number of halogens is 5. The summed E-state index contributed by atoms with van der Waals surface area (Å²) in [6, 6.07) is 7.00. The molecular weight excluding hydrogens is 466 g/mol. The lowest BCUT2D eigenvalue weighted by molar-refractivity contribution is -0.163. The quantitative estimate of drug-likeness (QED) is 0.524. The van der Waals surface area contributed by atoms with Crippen LogP contribution in [0.3, 0.4) is 0 Å². The Balaban J connectivity index is 1.42. The lowest BCUT2D eigenvalue weighted by atomic mass is 9.84. The van der Waals surface area contributed by atoms with Crippen LogP contribution in [-0.2, 0) is 11.2 Å². The molecular formula is C22H20Cl2F3N3O2. The molecule has 1 aliphatic rings. The highest BCUT2D eigenvalue weighted by atomic mass is 35.5. The summed E-state index contributed by atoms with van der Waals surface area (Å²) in [5, 5.41) is 17.6. The Labute approximate surface area is 192 Å². The Kier molecular flexibility index (Phi) is 6.38. The average molecular weight is 486 g/mol. The Hall–Kier alpha value is -2.29. The van der Waals surface area contributed by atoms with Crippen molar-refractivity contribution in [2.24, 2.45) is 5.92 Å². The molecule has 4 rings (SSSR count). The molecule has 170 valence electrons. The van der Waals surface area contributed by atoms with E-state index in [4.69, 9.17) is 23.2 Å². The molecule has 1 unspecified atom stereocenters. The van der Waals surface area contributed by atoms with E-state index in [1.54, 1.807) is 12.1 Å². The highest BCUT2D eigenvalue weighted by Crippen LogP contribution is 2.44. The van der Waals surface area contributed by atoms with Crippen molar-refractivity contribution < 1.29 is 23.1 Å². The fourth-order valence-electron chi connectivity index (χ4n) is 4.15. The molecule has 3 aromatic rings. The van der Waals surface area contributed by atoms with Gasteiger partial charge in [0.2, 0.25) is 5.91 Å². The van der Waals surface area contributed by atoms with E-state index in [9.17, 15) is 14.3 Å². The number of rotatable bonds is 5. The number of benzene rings is 2. The minimum absolute atomic E-state index is 0.00882. The van der Waals surface area contributed by atoms with Crippen LogP contribution in [0, 0.1) is 11.7 Å². The van der Waals surface area contributed by atoms with Gasteiger partial charge < -0.3 is 10.0 Å². The summed E-state index contributed by atoms with van der Waals surface area (Å²) in [6.07, 6.45) is -0.676. The zero-order chi connectivity index (χ0) is 23.0. The monoisotopic (exact) mass is 485 g/mol. The van der Waals surface area contributed by atoms with Gasteiger partial charge in [-0.3, -0.25) is 9.89 Å². The maximum absolute atomic E-state index is 15.2. The first kappa shape index (κ1) is 22.9. The number of nitrogens with zero attached hydrogens (tertiary/aromatic N) is 2. The Morgan fingerprint density at radius 3 is 2.66 bits per heavy atom. The molecule has 1 saturated heterocycles. The summed E-state index contributed by atoms with van der Waals surface area (Å²) in [4.78, 5) is 14.0. The van der Waals surface area contributed by atoms with Crippen molar-refractivity contribution in [3.63, 3.8) is 0 Å². The van der Waals surface area contributed by atoms with Gasteiger partial charge in [-0.25, -0.2) is 13.2 Å². The smallest absolute Gasteiger partial charge is 0.280 e. The van der Waals surface area contributed by atoms with Gasteiger partial charge in [0.05, 0.1) is 23.2 Å². The van der Waals surface area contributed by atoms with E-state index in [0.717, 1.165) is 0 Å². The van der Waals surface area contributed by atoms with Gasteiger partial charge in [-0.15, -0.1) is 0 Å². The third kappa shape index (κ3) is 4.44. The van der Waals surface area contributed by atoms with E-state index in [1.165, 1.54) is 29.3 Å². The van der Waals surface area contributed by atoms with Crippen molar-refractivity contribution in [3.05, 3.63) is 63.5 Å². The number of aliphatic hydroxyl groups is 1. The molecule has 0 aliphatic carbocycles. The van der Waals surface area contributed by atoms with Crippen LogP contribution < -0.4 is 0 Å². The molecule has 2 heterocycles. The van der Waals surface area contributed by atoms with Gasteiger partial charge >= 0.3 is 0 Å². The van der Waals surface area contributed by atoms with Crippen molar-refractivity contribution in [1.82, 2.24) is 15.1 Å². The number of H-pyrrole nitrogens is 1. The second-order valence-electron chi connectivity index (χ2n) is 7.98. The van der Waals surface area contributed by atoms with E-state index in [2.05, 4.69) is 10.2 Å². The first-order chi connectivity index (χ1) is 15.2. The second-order valence-corrected chi connectivity index (χ2v) is 8.83. The van der Waals surface area contributed by atoms with Gasteiger partial charge in [0.1, 0.15) is 11.9 Å². The van der Waals surface area contributed by atoms with Crippen molar-refractivity contribution in [3.8, 4) is 0 Å². The minimum atomic E-state index is -3.43. The summed E-state index contributed by atoms with van der Waals surface area (Å²) < 4.78 is 44.1. The molecule has 1 amide bonds. The molecule has 0 saturated carbocycles. The average Bonchev–Trinajstić information content (AvgIpc) is 3.23. The van der Waals surface area contributed by atoms with Crippen molar-refractivity contribution in [1.29, 1.82) is 0 Å². The number of piperidine rings is 1. The third-order valence-electron chi connectivity index (χ3n) is 5.95. The number of aromatic amines is 1. The number of alkyl halides is 2. The zero-order valence-corrected chi connectivity index (χ0v) is 18.3. The molecule has 1 aliphatic heterocycles. The van der Waals surface area contributed by atoms with Gasteiger partial charge in [0, 0.05) is 29.4 Å². The van der Waals surface area contributed by atoms with Crippen molar-refractivity contribution in [2.45, 2.75) is 31.3 Å². The number of nitrogens with one attached hydrogen (secondary N) is 1. The van der Waals surface area contributed by atoms with Gasteiger partial charge in [0.15, 0.2) is 0 Å². The summed E-state index contributed by atoms with van der Waals surface area (Å²) in [5.74, 6) is -5.43. The SMILES string of the molecule is O=C(Cc1ccc(Cl)c(F)c1)N1CCC(C(F)(F)C(O)c2cc(Cl)cc3[nH]ncc23)CC1. The van der Waals surface area contributed by atoms with Crippen LogP contribution in [-0.4, -0.2) is 45.1 Å². The van der Waals surface area contributed by atoms with Crippen LogP contribution in [0.25, 0.3) is 10.9 Å². The standard InChI is InChI=1S/C22H20Cl2F3N3O2/c23-14-9-15(16-11-28-29-19(16)10-14)21(32)22(26,27)13-3-5-30(6-4-13)20(31)8-12-1-2-17(24)18(25)7-12/h1-2,7,9-11,13,21,32H,3-6,8H2,(H,28,29). The molecule has 2 aromatic carbocycles. The fraction of sp³-hybridized carbons (Fsp3) is 0.364. The summed E-state index contributed by atoms with van der Waals surface area (Å²) in [7, 11) is 0. The summed E-state index contributed by atoms with van der Waals surface area (Å²) in [6.45, 7) is 0.247. The number of carbonyl (C=O) groups is 1. The van der Waals surface area contributed by atoms with Crippen molar-refractivity contribution in [2.75, 3.05) is 13.1 Å². The van der Waals surface area contributed by atoms with Gasteiger partial charge in [-0.1, -0.05) is 29.3 Å². The number of aliphatic hydroxyl groups excluding tert-OH is 1. The molecule has 10 heteroatoms. The molecule has 0 radical (unpaired) electrons. The lowest BCUT2D eigenvalue weighted by Gasteiger charge is -2.38. The van der Waals surface area contributed by atoms with E-state index in [-0.39, 0.29) is 53.9 Å². The number of aromatic nitrogens is 2. The van der Waals surface area contributed by atoms with Crippen molar-refractivity contribution >= 4 is 40.0 Å². The summed E-state index contributed by atoms with van der Waals surface area (Å²) >= 11 is 11.7. The normalized spacial score (nSPS) is 16.5. The number of carbonyl (C=O) groups excluding carboxylic acids is 1. The van der Waals surface area contributed by atoms with E-state index < -0.39 is 23.8 Å². The molecule has 2 N–H and O–H groups in total. The number of fused-ring (bicyclic) bond motifs is 1. The van der Waals surface area contributed by atoms with Crippen LogP contribution in [0.4, 0.5) is 13.2 Å². The highest BCUT2D eigenvalue weighted by molar-refractivity contribution is 6.31. The third-order valence-corrected chi connectivity index (χ3v) is 6.47. The van der Waals surface area contributed by atoms with Crippen LogP contribution in [0.5, 0.6) is 0 Å². The van der Waals surface area contributed by atoms with E-state index in [0.29, 0.717) is 16.5 Å². The maximum Gasteiger partial charge on any atom is 0.280 e. The molecule has 5 nitrogen and oxygen atoms in total. The molecule has 0 spiro atoms. The number of likely N-dealkylation sites (tertiary alicyclic amines) is 1. The molecule has 0 bridgehead atoms. The Morgan fingerprint density at radius 1 is 1.25 bits per heavy atom. The van der Waals surface area contributed by atoms with Gasteiger partial charge in [0.25, 0.3) is 5.92 Å². The Morgan fingerprint density at radius 2 is 1.97 bits per heavy atom. The van der Waals surface area contributed by atoms with Gasteiger partial charge in [-0.05, 0) is 48.2 Å². The zero-order valence-electron chi connectivity index (χ0n) is 16.8. The predicted molar refractivity (Wildman–Crippen MR) is 115 cm³/mol. The topological polar surface area (TPSA) is 69.2 Å². The predicted octanol–water partition coefficient (Wildman–Crippen LogP) is 5.16. The lowest BCUT2D eigenvalue weighted by Crippen LogP contribution is -2.45. The Bertz CT molecular complexity index is 1150. The summed E-state index contributed by atoms with van der Waals surface area (Å²) in [5.41, 5.74) is 0.931.